The first-order chi connectivity index (χ1) is 22.6. The van der Waals surface area contributed by atoms with E-state index in [1.807, 2.05) is 36.4 Å². The summed E-state index contributed by atoms with van der Waals surface area (Å²) in [7, 11) is 1.65. The van der Waals surface area contributed by atoms with Crippen molar-refractivity contribution in [3.8, 4) is 0 Å². The van der Waals surface area contributed by atoms with Crippen LogP contribution in [0.1, 0.15) is 121 Å². The zero-order valence-electron chi connectivity index (χ0n) is 30.3. The van der Waals surface area contributed by atoms with Gasteiger partial charge in [-0.3, -0.25) is 9.59 Å². The number of nitrogens with zero attached hydrogens (tertiary/aromatic N) is 1. The van der Waals surface area contributed by atoms with Crippen molar-refractivity contribution in [2.75, 3.05) is 7.05 Å². The summed E-state index contributed by atoms with van der Waals surface area (Å²) in [6, 6.07) is 12.2. The van der Waals surface area contributed by atoms with Gasteiger partial charge in [0.15, 0.2) is 0 Å². The molecule has 1 aromatic carbocycles. The molecule has 7 rings (SSSR count). The number of aromatic nitrogens is 1. The van der Waals surface area contributed by atoms with Crippen molar-refractivity contribution < 1.29 is 14.3 Å². The molecule has 0 saturated heterocycles. The molecule has 1 aromatic heterocycles. The number of amides is 1. The number of allylic oxidation sites excluding steroid dienone is 2. The van der Waals surface area contributed by atoms with E-state index in [0.717, 1.165) is 62.6 Å². The first-order valence-electron chi connectivity index (χ1n) is 18.5. The van der Waals surface area contributed by atoms with Crippen LogP contribution in [-0.2, 0) is 28.0 Å². The van der Waals surface area contributed by atoms with Gasteiger partial charge in [0.1, 0.15) is 11.8 Å². The number of nitrogens with one attached hydrogen (secondary N) is 1. The Hall–Kier alpha value is -2.66. The first kappa shape index (κ1) is 33.8. The topological polar surface area (TPSA) is 68.3 Å². The van der Waals surface area contributed by atoms with Crippen molar-refractivity contribution in [2.24, 2.45) is 51.2 Å². The van der Waals surface area contributed by atoms with Gasteiger partial charge in [0.25, 0.3) is 5.91 Å². The summed E-state index contributed by atoms with van der Waals surface area (Å²) in [5.41, 5.74) is 4.78. The van der Waals surface area contributed by atoms with Gasteiger partial charge in [-0.2, -0.15) is 0 Å². The van der Waals surface area contributed by atoms with E-state index in [1.165, 1.54) is 5.56 Å². The van der Waals surface area contributed by atoms with Gasteiger partial charge >= 0.3 is 5.97 Å². The van der Waals surface area contributed by atoms with Crippen LogP contribution in [0, 0.1) is 51.2 Å². The molecule has 0 spiro atoms. The lowest BCUT2D eigenvalue weighted by atomic mass is 9.33. The Morgan fingerprint density at radius 2 is 1.71 bits per heavy atom. The molecule has 0 unspecified atom stereocenters. The smallest absolute Gasteiger partial charge is 0.313 e. The van der Waals surface area contributed by atoms with Gasteiger partial charge in [-0.15, -0.1) is 0 Å². The van der Waals surface area contributed by atoms with Crippen LogP contribution >= 0.6 is 11.6 Å². The van der Waals surface area contributed by atoms with Gasteiger partial charge in [-0.25, -0.2) is 4.98 Å². The Bertz CT molecular complexity index is 1670. The summed E-state index contributed by atoms with van der Waals surface area (Å²) in [5.74, 6) is 1.94. The third kappa shape index (κ3) is 4.57. The molecule has 3 fully saturated rings. The Labute approximate surface area is 293 Å². The average molecular weight is 671 g/mol. The molecule has 5 aliphatic rings. The van der Waals surface area contributed by atoms with Gasteiger partial charge in [-0.1, -0.05) is 102 Å². The van der Waals surface area contributed by atoms with Crippen LogP contribution < -0.4 is 5.32 Å². The van der Waals surface area contributed by atoms with Crippen LogP contribution in [0.25, 0.3) is 0 Å². The van der Waals surface area contributed by atoms with Crippen LogP contribution in [0.5, 0.6) is 0 Å². The lowest BCUT2D eigenvalue weighted by molar-refractivity contribution is -0.184. The van der Waals surface area contributed by atoms with E-state index in [4.69, 9.17) is 21.3 Å². The highest BCUT2D eigenvalue weighted by atomic mass is 35.5. The third-order valence-corrected chi connectivity index (χ3v) is 15.7. The SMILES string of the molecule is CNC(=O)c1cc2c(nc1Cl)C(C)(C)[C@@H]1CC[C@]3(C)[C@H](CC=C4[C@@H]5[C@@H](C)[C@H](C)CC[C@]5(C(=O)OCc5ccccc5)CC[C@]43C)[C@@]1(C)C2. The molecule has 3 saturated carbocycles. The lowest BCUT2D eigenvalue weighted by Crippen LogP contribution is -2.65. The van der Waals surface area contributed by atoms with Crippen LogP contribution in [0.3, 0.4) is 0 Å². The zero-order valence-corrected chi connectivity index (χ0v) is 31.1. The molecule has 258 valence electrons. The number of fused-ring (bicyclic) bond motifs is 8. The van der Waals surface area contributed by atoms with Crippen LogP contribution in [0.15, 0.2) is 48.0 Å². The third-order valence-electron chi connectivity index (χ3n) is 15.5. The maximum Gasteiger partial charge on any atom is 0.313 e. The van der Waals surface area contributed by atoms with E-state index < -0.39 is 5.41 Å². The van der Waals surface area contributed by atoms with Gasteiger partial charge in [0, 0.05) is 12.5 Å². The van der Waals surface area contributed by atoms with Crippen molar-refractivity contribution in [3.63, 3.8) is 0 Å². The number of hydrogen-bond donors (Lipinski definition) is 1. The largest absolute Gasteiger partial charge is 0.460 e. The summed E-state index contributed by atoms with van der Waals surface area (Å²) < 4.78 is 6.23. The van der Waals surface area contributed by atoms with E-state index in [1.54, 1.807) is 12.6 Å². The summed E-state index contributed by atoms with van der Waals surface area (Å²) >= 11 is 6.65. The normalized spacial score (nSPS) is 39.4. The number of pyridine rings is 1. The van der Waals surface area contributed by atoms with Gasteiger partial charge in [0.2, 0.25) is 0 Å². The number of benzene rings is 1. The molecular weight excluding hydrogens is 616 g/mol. The monoisotopic (exact) mass is 670 g/mol. The molecule has 5 nitrogen and oxygen atoms in total. The van der Waals surface area contributed by atoms with E-state index >= 15 is 0 Å². The second-order valence-corrected chi connectivity index (χ2v) is 18.0. The molecule has 6 heteroatoms. The van der Waals surface area contributed by atoms with Crippen molar-refractivity contribution >= 4 is 23.5 Å². The molecule has 0 aliphatic heterocycles. The minimum absolute atomic E-state index is 0.000976. The molecule has 0 bridgehead atoms. The second-order valence-electron chi connectivity index (χ2n) is 17.7. The lowest BCUT2D eigenvalue weighted by Gasteiger charge is -2.71. The van der Waals surface area contributed by atoms with Crippen LogP contribution in [0.4, 0.5) is 0 Å². The Kier molecular flexibility index (Phi) is 8.06. The molecule has 1 heterocycles. The summed E-state index contributed by atoms with van der Waals surface area (Å²) in [6.07, 6.45) is 10.7. The molecule has 9 atom stereocenters. The molecule has 1 N–H and O–H groups in total. The molecular formula is C42H55ClN2O3. The Balaban J connectivity index is 1.28. The van der Waals surface area contributed by atoms with Gasteiger partial charge < -0.3 is 10.1 Å². The number of carbonyl (C=O) groups is 2. The quantitative estimate of drug-likeness (QED) is 0.200. The van der Waals surface area contributed by atoms with Crippen molar-refractivity contribution in [1.29, 1.82) is 0 Å². The van der Waals surface area contributed by atoms with E-state index in [0.29, 0.717) is 41.0 Å². The number of esters is 1. The minimum atomic E-state index is -0.455. The standard InChI is InChI=1S/C42H55ClN2O3/c1-25-16-19-42(37(47)48-24-27-12-10-9-11-13-27)21-20-40(6)30(33(42)26(25)2)14-15-32-39(5)23-28-22-29(36(46)44-8)35(43)45-34(28)38(3,4)31(39)17-18-41(32,40)7/h9-14,22,25-26,31-33H,15-21,23-24H2,1-8H3,(H,44,46)/t25-,26+,31+,32-,33+,39+,40-,41-,42+/m1/s1. The van der Waals surface area contributed by atoms with E-state index in [-0.39, 0.29) is 39.5 Å². The predicted molar refractivity (Wildman–Crippen MR) is 192 cm³/mol. The van der Waals surface area contributed by atoms with Crippen molar-refractivity contribution in [2.45, 2.75) is 112 Å². The summed E-state index contributed by atoms with van der Waals surface area (Å²) in [6.45, 7) is 17.6. The second kappa shape index (κ2) is 11.4. The minimum Gasteiger partial charge on any atom is -0.460 e. The number of hydrogen-bond acceptors (Lipinski definition) is 4. The summed E-state index contributed by atoms with van der Waals surface area (Å²) in [5, 5.41) is 3.05. The van der Waals surface area contributed by atoms with Crippen LogP contribution in [-0.4, -0.2) is 23.9 Å². The highest BCUT2D eigenvalue weighted by Crippen LogP contribution is 2.75. The van der Waals surface area contributed by atoms with Crippen molar-refractivity contribution in [1.82, 2.24) is 10.3 Å². The van der Waals surface area contributed by atoms with Crippen LogP contribution in [0.2, 0.25) is 5.15 Å². The van der Waals surface area contributed by atoms with E-state index in [2.05, 4.69) is 59.9 Å². The predicted octanol–water partition coefficient (Wildman–Crippen LogP) is 9.51. The van der Waals surface area contributed by atoms with E-state index in [9.17, 15) is 9.59 Å². The molecule has 2 aromatic rings. The maximum atomic E-state index is 14.4. The summed E-state index contributed by atoms with van der Waals surface area (Å²) in [4.78, 5) is 32.1. The maximum absolute atomic E-state index is 14.4. The highest BCUT2D eigenvalue weighted by Gasteiger charge is 2.69. The molecule has 5 aliphatic carbocycles. The fourth-order valence-corrected chi connectivity index (χ4v) is 12.8. The fourth-order valence-electron chi connectivity index (χ4n) is 12.6. The Morgan fingerprint density at radius 1 is 0.979 bits per heavy atom. The van der Waals surface area contributed by atoms with Gasteiger partial charge in [0.05, 0.1) is 16.7 Å². The molecule has 48 heavy (non-hydrogen) atoms. The number of rotatable bonds is 4. The average Bonchev–Trinajstić information content (AvgIpc) is 3.05. The zero-order chi connectivity index (χ0) is 34.4. The molecule has 0 radical (unpaired) electrons. The highest BCUT2D eigenvalue weighted by molar-refractivity contribution is 6.32. The Morgan fingerprint density at radius 3 is 2.42 bits per heavy atom. The molecule has 1 amide bonds. The first-order valence-corrected chi connectivity index (χ1v) is 18.9. The van der Waals surface area contributed by atoms with Gasteiger partial charge in [-0.05, 0) is 114 Å². The fraction of sp³-hybridized carbons (Fsp3) is 0.643. The number of halogens is 1. The number of ether oxygens (including phenoxy) is 1. The number of carbonyl (C=O) groups excluding carboxylic acids is 2. The van der Waals surface area contributed by atoms with Crippen molar-refractivity contribution in [3.05, 3.63) is 75.6 Å².